The lowest BCUT2D eigenvalue weighted by atomic mass is 9.90. The van der Waals surface area contributed by atoms with Crippen LogP contribution in [-0.4, -0.2) is 59.0 Å². The number of hydrogen-bond donors (Lipinski definition) is 1. The fourth-order valence-electron chi connectivity index (χ4n) is 4.24. The summed E-state index contributed by atoms with van der Waals surface area (Å²) in [6.45, 7) is 2.46. The highest BCUT2D eigenvalue weighted by atomic mass is 32.2. The highest BCUT2D eigenvalue weighted by molar-refractivity contribution is 7.89. The molecule has 0 aromatic heterocycles. The number of morpholine rings is 1. The molecule has 31 heavy (non-hydrogen) atoms. The van der Waals surface area contributed by atoms with Gasteiger partial charge in [-0.15, -0.1) is 0 Å². The number of fused-ring (bicyclic) bond motifs is 1. The predicted molar refractivity (Wildman–Crippen MR) is 121 cm³/mol. The van der Waals surface area contributed by atoms with Gasteiger partial charge in [0.1, 0.15) is 0 Å². The third-order valence-electron chi connectivity index (χ3n) is 5.99. The van der Waals surface area contributed by atoms with Gasteiger partial charge in [-0.25, -0.2) is 12.7 Å². The van der Waals surface area contributed by atoms with E-state index in [-0.39, 0.29) is 10.8 Å². The summed E-state index contributed by atoms with van der Waals surface area (Å²) >= 11 is 0. The second kappa shape index (κ2) is 8.98. The fourth-order valence-corrected chi connectivity index (χ4v) is 5.16. The van der Waals surface area contributed by atoms with Crippen LogP contribution in [0.25, 0.3) is 0 Å². The maximum Gasteiger partial charge on any atom is 0.257 e. The van der Waals surface area contributed by atoms with Crippen LogP contribution in [0.2, 0.25) is 0 Å². The largest absolute Gasteiger partial charge is 0.378 e. The van der Waals surface area contributed by atoms with Gasteiger partial charge >= 0.3 is 0 Å². The molecule has 7 nitrogen and oxygen atoms in total. The summed E-state index contributed by atoms with van der Waals surface area (Å²) in [5.74, 6) is -0.295. The average Bonchev–Trinajstić information content (AvgIpc) is 2.79. The minimum Gasteiger partial charge on any atom is -0.378 e. The van der Waals surface area contributed by atoms with Crippen LogP contribution in [0.3, 0.4) is 0 Å². The summed E-state index contributed by atoms with van der Waals surface area (Å²) in [6.07, 6.45) is 4.23. The Hall–Kier alpha value is -2.42. The zero-order chi connectivity index (χ0) is 22.0. The molecule has 1 heterocycles. The molecule has 0 spiro atoms. The molecular weight excluding hydrogens is 414 g/mol. The Bertz CT molecular complexity index is 1080. The molecule has 1 amide bonds. The molecule has 0 radical (unpaired) electrons. The van der Waals surface area contributed by atoms with Gasteiger partial charge in [-0.3, -0.25) is 4.79 Å². The van der Waals surface area contributed by atoms with E-state index in [9.17, 15) is 13.2 Å². The Kier molecular flexibility index (Phi) is 6.31. The van der Waals surface area contributed by atoms with Crippen LogP contribution in [-0.2, 0) is 27.6 Å². The van der Waals surface area contributed by atoms with Crippen molar-refractivity contribution >= 4 is 27.3 Å². The van der Waals surface area contributed by atoms with E-state index < -0.39 is 10.0 Å². The minimum absolute atomic E-state index is 0.106. The smallest absolute Gasteiger partial charge is 0.257 e. The predicted octanol–water partition coefficient (Wildman–Crippen LogP) is 2.90. The molecule has 2 aromatic carbocycles. The standard InChI is InChI=1S/C23H29N3O4S/c1-25(2)31(28,29)18-10-11-22(26-12-14-30-15-13-26)20(16-18)23(27)24-21-9-5-7-17-6-3-4-8-19(17)21/h5,7,9-11,16H,3-4,6,8,12-15H2,1-2H3,(H,24,27). The number of benzene rings is 2. The number of amides is 1. The fraction of sp³-hybridized carbons (Fsp3) is 0.435. The van der Waals surface area contributed by atoms with Gasteiger partial charge in [0.25, 0.3) is 5.91 Å². The first kappa shape index (κ1) is 21.8. The van der Waals surface area contributed by atoms with E-state index in [1.807, 2.05) is 12.1 Å². The van der Waals surface area contributed by atoms with E-state index in [2.05, 4.69) is 16.3 Å². The molecule has 1 saturated heterocycles. The quantitative estimate of drug-likeness (QED) is 0.769. The van der Waals surface area contributed by atoms with Gasteiger partial charge in [-0.1, -0.05) is 12.1 Å². The van der Waals surface area contributed by atoms with Crippen LogP contribution in [0.1, 0.15) is 34.3 Å². The number of aryl methyl sites for hydroxylation is 1. The molecule has 0 unspecified atom stereocenters. The second-order valence-corrected chi connectivity index (χ2v) is 10.3. The average molecular weight is 444 g/mol. The van der Waals surface area contributed by atoms with E-state index in [0.717, 1.165) is 41.4 Å². The topological polar surface area (TPSA) is 79.0 Å². The Morgan fingerprint density at radius 2 is 1.81 bits per heavy atom. The van der Waals surface area contributed by atoms with Gasteiger partial charge in [0.2, 0.25) is 10.0 Å². The molecule has 2 aromatic rings. The molecule has 1 fully saturated rings. The summed E-state index contributed by atoms with van der Waals surface area (Å²) in [6, 6.07) is 10.8. The van der Waals surface area contributed by atoms with Crippen LogP contribution in [0.4, 0.5) is 11.4 Å². The molecule has 1 aliphatic heterocycles. The number of carbonyl (C=O) groups is 1. The second-order valence-electron chi connectivity index (χ2n) is 8.17. The molecule has 0 saturated carbocycles. The molecule has 1 N–H and O–H groups in total. The molecule has 2 aliphatic rings. The first-order valence-electron chi connectivity index (χ1n) is 10.7. The van der Waals surface area contributed by atoms with Crippen molar-refractivity contribution in [2.24, 2.45) is 0 Å². The Balaban J connectivity index is 1.73. The SMILES string of the molecule is CN(C)S(=O)(=O)c1ccc(N2CCOCC2)c(C(=O)Nc2cccc3c2CCCC3)c1. The van der Waals surface area contributed by atoms with Gasteiger partial charge in [-0.2, -0.15) is 0 Å². The van der Waals surface area contributed by atoms with Crippen LogP contribution in [0.15, 0.2) is 41.3 Å². The number of hydrogen-bond acceptors (Lipinski definition) is 5. The van der Waals surface area contributed by atoms with E-state index in [0.29, 0.717) is 31.9 Å². The van der Waals surface area contributed by atoms with Gasteiger partial charge in [0.15, 0.2) is 0 Å². The molecule has 0 bridgehead atoms. The number of nitrogens with one attached hydrogen (secondary N) is 1. The number of sulfonamides is 1. The van der Waals surface area contributed by atoms with E-state index >= 15 is 0 Å². The first-order chi connectivity index (χ1) is 14.9. The number of nitrogens with zero attached hydrogens (tertiary/aromatic N) is 2. The summed E-state index contributed by atoms with van der Waals surface area (Å²) in [7, 11) is -0.683. The van der Waals surface area contributed by atoms with Crippen molar-refractivity contribution in [2.45, 2.75) is 30.6 Å². The maximum atomic E-state index is 13.4. The first-order valence-corrected chi connectivity index (χ1v) is 12.1. The van der Waals surface area contributed by atoms with Crippen molar-refractivity contribution < 1.29 is 17.9 Å². The number of rotatable bonds is 5. The van der Waals surface area contributed by atoms with Crippen LogP contribution < -0.4 is 10.2 Å². The van der Waals surface area contributed by atoms with E-state index in [4.69, 9.17) is 4.74 Å². The molecular formula is C23H29N3O4S. The van der Waals surface area contributed by atoms with E-state index in [1.54, 1.807) is 12.1 Å². The Morgan fingerprint density at radius 3 is 2.55 bits per heavy atom. The van der Waals surface area contributed by atoms with Crippen LogP contribution in [0.5, 0.6) is 0 Å². The Morgan fingerprint density at radius 1 is 1.06 bits per heavy atom. The highest BCUT2D eigenvalue weighted by Crippen LogP contribution is 2.30. The van der Waals surface area contributed by atoms with Crippen molar-refractivity contribution in [3.05, 3.63) is 53.1 Å². The maximum absolute atomic E-state index is 13.4. The lowest BCUT2D eigenvalue weighted by Crippen LogP contribution is -2.37. The lowest BCUT2D eigenvalue weighted by molar-refractivity contribution is 0.102. The van der Waals surface area contributed by atoms with Gasteiger partial charge in [-0.05, 0) is 61.1 Å². The summed E-state index contributed by atoms with van der Waals surface area (Å²) in [4.78, 5) is 15.6. The highest BCUT2D eigenvalue weighted by Gasteiger charge is 2.25. The number of carbonyl (C=O) groups excluding carboxylic acids is 1. The van der Waals surface area contributed by atoms with Crippen molar-refractivity contribution in [2.75, 3.05) is 50.6 Å². The summed E-state index contributed by atoms with van der Waals surface area (Å²) in [5, 5.41) is 3.07. The van der Waals surface area contributed by atoms with Gasteiger partial charge in [0, 0.05) is 38.6 Å². The summed E-state index contributed by atoms with van der Waals surface area (Å²) in [5.41, 5.74) is 4.37. The third kappa shape index (κ3) is 4.46. The van der Waals surface area contributed by atoms with Crippen LogP contribution in [0, 0.1) is 0 Å². The zero-order valence-electron chi connectivity index (χ0n) is 18.1. The Labute approximate surface area is 184 Å². The van der Waals surface area contributed by atoms with Crippen molar-refractivity contribution in [3.63, 3.8) is 0 Å². The number of ether oxygens (including phenoxy) is 1. The minimum atomic E-state index is -3.66. The molecule has 166 valence electrons. The number of anilines is 2. The monoisotopic (exact) mass is 443 g/mol. The molecule has 8 heteroatoms. The van der Waals surface area contributed by atoms with Crippen molar-refractivity contribution in [3.8, 4) is 0 Å². The molecule has 4 rings (SSSR count). The third-order valence-corrected chi connectivity index (χ3v) is 7.80. The molecule has 0 atom stereocenters. The lowest BCUT2D eigenvalue weighted by Gasteiger charge is -2.30. The summed E-state index contributed by atoms with van der Waals surface area (Å²) < 4.78 is 32.0. The normalized spacial score (nSPS) is 16.8. The van der Waals surface area contributed by atoms with Gasteiger partial charge in [0.05, 0.1) is 23.7 Å². The van der Waals surface area contributed by atoms with E-state index in [1.165, 1.54) is 31.3 Å². The molecule has 1 aliphatic carbocycles. The van der Waals surface area contributed by atoms with Gasteiger partial charge < -0.3 is 15.0 Å². The zero-order valence-corrected chi connectivity index (χ0v) is 18.9. The van der Waals surface area contributed by atoms with Crippen LogP contribution >= 0.6 is 0 Å². The van der Waals surface area contributed by atoms with Crippen molar-refractivity contribution in [1.82, 2.24) is 4.31 Å². The van der Waals surface area contributed by atoms with Crippen molar-refractivity contribution in [1.29, 1.82) is 0 Å².